The Morgan fingerprint density at radius 1 is 1.56 bits per heavy atom. The fraction of sp³-hybridized carbons (Fsp3) is 0.500. The van der Waals surface area contributed by atoms with E-state index in [-0.39, 0.29) is 17.5 Å². The highest BCUT2D eigenvalue weighted by Gasteiger charge is 2.12. The number of nitrogens with zero attached hydrogens (tertiary/aromatic N) is 2. The summed E-state index contributed by atoms with van der Waals surface area (Å²) >= 11 is 1.76. The number of hydrogen-bond acceptors (Lipinski definition) is 7. The number of nitrogens with one attached hydrogen (secondary N) is 2. The van der Waals surface area contributed by atoms with Crippen LogP contribution in [0.25, 0.3) is 0 Å². The van der Waals surface area contributed by atoms with Crippen molar-refractivity contribution in [1.82, 2.24) is 4.98 Å². The molecule has 0 aliphatic heterocycles. The van der Waals surface area contributed by atoms with E-state index in [4.69, 9.17) is 5.84 Å². The van der Waals surface area contributed by atoms with Crippen LogP contribution >= 0.6 is 11.8 Å². The molecule has 0 aromatic carbocycles. The molecule has 1 heterocycles. The number of rotatable bonds is 7. The molecule has 0 saturated carbocycles. The van der Waals surface area contributed by atoms with Crippen molar-refractivity contribution in [3.63, 3.8) is 0 Å². The number of nitro groups is 1. The van der Waals surface area contributed by atoms with Gasteiger partial charge in [0.05, 0.1) is 17.1 Å². The summed E-state index contributed by atoms with van der Waals surface area (Å²) in [6.07, 6.45) is 2.99. The van der Waals surface area contributed by atoms with Crippen LogP contribution in [0, 0.1) is 10.1 Å². The first-order chi connectivity index (χ1) is 8.56. The number of pyridine rings is 1. The van der Waals surface area contributed by atoms with Gasteiger partial charge in [-0.15, -0.1) is 0 Å². The zero-order valence-corrected chi connectivity index (χ0v) is 11.2. The van der Waals surface area contributed by atoms with Gasteiger partial charge in [-0.2, -0.15) is 11.8 Å². The fourth-order valence-electron chi connectivity index (χ4n) is 1.39. The van der Waals surface area contributed by atoms with E-state index in [0.717, 1.165) is 12.2 Å². The molecule has 8 heteroatoms. The molecule has 1 aromatic rings. The van der Waals surface area contributed by atoms with Crippen molar-refractivity contribution in [2.45, 2.75) is 19.4 Å². The minimum Gasteiger partial charge on any atom is -0.367 e. The predicted octanol–water partition coefficient (Wildman–Crippen LogP) is 1.83. The van der Waals surface area contributed by atoms with Crippen LogP contribution < -0.4 is 16.6 Å². The minimum absolute atomic E-state index is 0.0440. The zero-order chi connectivity index (χ0) is 13.5. The summed E-state index contributed by atoms with van der Waals surface area (Å²) in [5, 5.41) is 13.9. The summed E-state index contributed by atoms with van der Waals surface area (Å²) in [7, 11) is 0. The quantitative estimate of drug-likeness (QED) is 0.394. The monoisotopic (exact) mass is 271 g/mol. The molecule has 18 heavy (non-hydrogen) atoms. The topological polar surface area (TPSA) is 106 Å². The lowest BCUT2D eigenvalue weighted by Gasteiger charge is -2.14. The highest BCUT2D eigenvalue weighted by atomic mass is 32.2. The summed E-state index contributed by atoms with van der Waals surface area (Å²) in [5.41, 5.74) is 2.28. The van der Waals surface area contributed by atoms with Crippen molar-refractivity contribution in [2.75, 3.05) is 22.8 Å². The number of aromatic nitrogens is 1. The first-order valence-corrected chi connectivity index (χ1v) is 6.84. The molecular weight excluding hydrogens is 254 g/mol. The van der Waals surface area contributed by atoms with Gasteiger partial charge in [-0.3, -0.25) is 10.1 Å². The van der Waals surface area contributed by atoms with Gasteiger partial charge in [-0.25, -0.2) is 10.8 Å². The Kier molecular flexibility index (Phi) is 5.66. The second kappa shape index (κ2) is 7.02. The Balaban J connectivity index is 2.81. The average Bonchev–Trinajstić information content (AvgIpc) is 2.35. The molecule has 0 amide bonds. The van der Waals surface area contributed by atoms with E-state index >= 15 is 0 Å². The molecule has 0 bridgehead atoms. The van der Waals surface area contributed by atoms with Gasteiger partial charge in [0.1, 0.15) is 11.6 Å². The second-order valence-electron chi connectivity index (χ2n) is 3.82. The molecule has 0 aliphatic carbocycles. The summed E-state index contributed by atoms with van der Waals surface area (Å²) in [6.45, 7) is 2.01. The largest absolute Gasteiger partial charge is 0.367 e. The highest BCUT2D eigenvalue weighted by Crippen LogP contribution is 2.21. The van der Waals surface area contributed by atoms with E-state index in [0.29, 0.717) is 5.82 Å². The van der Waals surface area contributed by atoms with E-state index in [9.17, 15) is 10.1 Å². The van der Waals surface area contributed by atoms with Gasteiger partial charge in [0, 0.05) is 6.04 Å². The zero-order valence-electron chi connectivity index (χ0n) is 10.3. The van der Waals surface area contributed by atoms with Crippen molar-refractivity contribution in [1.29, 1.82) is 0 Å². The molecule has 1 unspecified atom stereocenters. The maximum absolute atomic E-state index is 10.8. The van der Waals surface area contributed by atoms with E-state index < -0.39 is 4.92 Å². The third kappa shape index (κ3) is 4.38. The average molecular weight is 271 g/mol. The first kappa shape index (κ1) is 14.5. The Morgan fingerprint density at radius 3 is 2.78 bits per heavy atom. The molecule has 0 spiro atoms. The maximum atomic E-state index is 10.8. The van der Waals surface area contributed by atoms with Crippen LogP contribution in [0.4, 0.5) is 17.3 Å². The molecule has 1 aromatic heterocycles. The van der Waals surface area contributed by atoms with Gasteiger partial charge < -0.3 is 10.7 Å². The van der Waals surface area contributed by atoms with Gasteiger partial charge in [0.15, 0.2) is 0 Å². The SMILES string of the molecule is CSCCC(C)Nc1cc([N+](=O)[O-])cc(NN)n1. The fourth-order valence-corrected chi connectivity index (χ4v) is 1.98. The van der Waals surface area contributed by atoms with Crippen molar-refractivity contribution >= 4 is 29.1 Å². The van der Waals surface area contributed by atoms with Crippen LogP contribution in [-0.2, 0) is 0 Å². The molecule has 1 atom stereocenters. The van der Waals surface area contributed by atoms with Crippen LogP contribution in [0.1, 0.15) is 13.3 Å². The molecule has 100 valence electrons. The molecule has 4 N–H and O–H groups in total. The van der Waals surface area contributed by atoms with E-state index in [1.165, 1.54) is 12.1 Å². The minimum atomic E-state index is -0.472. The van der Waals surface area contributed by atoms with Gasteiger partial charge >= 0.3 is 0 Å². The number of thioether (sulfide) groups is 1. The van der Waals surface area contributed by atoms with Crippen molar-refractivity contribution < 1.29 is 4.92 Å². The molecule has 0 radical (unpaired) electrons. The molecule has 0 saturated heterocycles. The number of nitrogen functional groups attached to an aromatic ring is 1. The van der Waals surface area contributed by atoms with Gasteiger partial charge in [0.2, 0.25) is 0 Å². The van der Waals surface area contributed by atoms with Crippen molar-refractivity contribution in [3.05, 3.63) is 22.2 Å². The molecule has 1 rings (SSSR count). The molecule has 0 aliphatic rings. The lowest BCUT2D eigenvalue weighted by Crippen LogP contribution is -2.18. The number of hydrogen-bond donors (Lipinski definition) is 3. The van der Waals surface area contributed by atoms with Crippen molar-refractivity contribution in [3.8, 4) is 0 Å². The Hall–Kier alpha value is -1.54. The van der Waals surface area contributed by atoms with E-state index in [2.05, 4.69) is 15.7 Å². The third-order valence-corrected chi connectivity index (χ3v) is 2.96. The Labute approximate surface area is 110 Å². The van der Waals surface area contributed by atoms with Crippen LogP contribution in [0.3, 0.4) is 0 Å². The smallest absolute Gasteiger partial charge is 0.276 e. The van der Waals surface area contributed by atoms with Crippen LogP contribution in [0.15, 0.2) is 12.1 Å². The standard InChI is InChI=1S/C10H17N5O2S/c1-7(3-4-18-2)12-9-5-8(15(16)17)6-10(13-9)14-11/h5-7H,3-4,11H2,1-2H3,(H2,12,13,14). The number of nitrogens with two attached hydrogens (primary N) is 1. The summed E-state index contributed by atoms with van der Waals surface area (Å²) in [6, 6.07) is 2.88. The first-order valence-electron chi connectivity index (χ1n) is 5.45. The normalized spacial score (nSPS) is 11.9. The predicted molar refractivity (Wildman–Crippen MR) is 74.8 cm³/mol. The summed E-state index contributed by atoms with van der Waals surface area (Å²) in [4.78, 5) is 14.4. The lowest BCUT2D eigenvalue weighted by atomic mass is 10.2. The van der Waals surface area contributed by atoms with Crippen LogP contribution in [-0.4, -0.2) is 28.0 Å². The maximum Gasteiger partial charge on any atom is 0.276 e. The van der Waals surface area contributed by atoms with Gasteiger partial charge in [0.25, 0.3) is 5.69 Å². The Bertz CT molecular complexity index is 415. The van der Waals surface area contributed by atoms with E-state index in [1.54, 1.807) is 11.8 Å². The lowest BCUT2D eigenvalue weighted by molar-refractivity contribution is -0.384. The van der Waals surface area contributed by atoms with Gasteiger partial charge in [-0.1, -0.05) is 0 Å². The molecule has 0 fully saturated rings. The molecular formula is C10H17N5O2S. The third-order valence-electron chi connectivity index (χ3n) is 2.32. The van der Waals surface area contributed by atoms with E-state index in [1.807, 2.05) is 13.2 Å². The highest BCUT2D eigenvalue weighted by molar-refractivity contribution is 7.98. The Morgan fingerprint density at radius 2 is 2.22 bits per heavy atom. The van der Waals surface area contributed by atoms with Crippen molar-refractivity contribution in [2.24, 2.45) is 5.84 Å². The van der Waals surface area contributed by atoms with Gasteiger partial charge in [-0.05, 0) is 25.4 Å². The summed E-state index contributed by atoms with van der Waals surface area (Å²) in [5.74, 6) is 6.97. The van der Waals surface area contributed by atoms with Crippen LogP contribution in [0.5, 0.6) is 0 Å². The number of hydrazine groups is 1. The molecule has 7 nitrogen and oxygen atoms in total. The number of anilines is 2. The second-order valence-corrected chi connectivity index (χ2v) is 4.81. The van der Waals surface area contributed by atoms with Crippen LogP contribution in [0.2, 0.25) is 0 Å². The summed E-state index contributed by atoms with van der Waals surface area (Å²) < 4.78 is 0.